The fourth-order valence-corrected chi connectivity index (χ4v) is 2.42. The van der Waals surface area contributed by atoms with E-state index >= 15 is 0 Å². The number of nitrogens with zero attached hydrogens (tertiary/aromatic N) is 2. The van der Waals surface area contributed by atoms with Gasteiger partial charge in [0, 0.05) is 32.7 Å². The fraction of sp³-hybridized carbons (Fsp3) is 0.533. The summed E-state index contributed by atoms with van der Waals surface area (Å²) in [5, 5.41) is 0. The van der Waals surface area contributed by atoms with Crippen LogP contribution in [-0.4, -0.2) is 55.5 Å². The molecule has 2 N–H and O–H groups in total. The van der Waals surface area contributed by atoms with Gasteiger partial charge in [-0.1, -0.05) is 6.07 Å². The topological polar surface area (TPSA) is 58.8 Å². The number of ether oxygens (including phenoxy) is 1. The lowest BCUT2D eigenvalue weighted by atomic mass is 10.1. The summed E-state index contributed by atoms with van der Waals surface area (Å²) in [6.07, 6.45) is 1.90. The van der Waals surface area contributed by atoms with Crippen LogP contribution < -0.4 is 10.5 Å². The van der Waals surface area contributed by atoms with Crippen LogP contribution in [0, 0.1) is 0 Å². The highest BCUT2D eigenvalue weighted by atomic mass is 16.5. The molecule has 1 aliphatic rings. The van der Waals surface area contributed by atoms with Gasteiger partial charge in [-0.05, 0) is 31.0 Å². The van der Waals surface area contributed by atoms with E-state index in [0.717, 1.165) is 51.3 Å². The summed E-state index contributed by atoms with van der Waals surface area (Å²) in [5.41, 5.74) is 7.90. The molecule has 1 heterocycles. The summed E-state index contributed by atoms with van der Waals surface area (Å²) in [5.74, 6) is 0.760. The van der Waals surface area contributed by atoms with Gasteiger partial charge in [-0.25, -0.2) is 0 Å². The number of carbonyl (C=O) groups is 1. The third-order valence-electron chi connectivity index (χ3n) is 3.65. The van der Waals surface area contributed by atoms with Gasteiger partial charge in [0.1, 0.15) is 5.75 Å². The summed E-state index contributed by atoms with van der Waals surface area (Å²) >= 11 is 0. The highest BCUT2D eigenvalue weighted by Gasteiger charge is 2.14. The summed E-state index contributed by atoms with van der Waals surface area (Å²) in [4.78, 5) is 14.9. The Hall–Kier alpha value is -1.75. The molecule has 5 heteroatoms. The van der Waals surface area contributed by atoms with E-state index in [1.807, 2.05) is 24.0 Å². The van der Waals surface area contributed by atoms with Crippen LogP contribution in [-0.2, 0) is 11.2 Å². The Morgan fingerprint density at radius 3 is 2.65 bits per heavy atom. The van der Waals surface area contributed by atoms with Gasteiger partial charge in [0.05, 0.1) is 12.3 Å². The Balaban J connectivity index is 1.82. The number of carbonyl (C=O) groups excluding carboxylic acids is 1. The quantitative estimate of drug-likeness (QED) is 0.622. The van der Waals surface area contributed by atoms with Crippen LogP contribution in [0.3, 0.4) is 0 Å². The van der Waals surface area contributed by atoms with Crippen LogP contribution in [0.5, 0.6) is 5.75 Å². The smallest absolute Gasteiger partial charge is 0.209 e. The molecular weight excluding hydrogens is 254 g/mol. The van der Waals surface area contributed by atoms with Crippen molar-refractivity contribution in [1.82, 2.24) is 9.80 Å². The lowest BCUT2D eigenvalue weighted by Crippen LogP contribution is -2.46. The first kappa shape index (κ1) is 14.7. The maximum absolute atomic E-state index is 10.7. The molecule has 20 heavy (non-hydrogen) atoms. The van der Waals surface area contributed by atoms with Crippen molar-refractivity contribution in [3.63, 3.8) is 0 Å². The summed E-state index contributed by atoms with van der Waals surface area (Å²) < 4.78 is 5.44. The molecule has 110 valence electrons. The zero-order valence-electron chi connectivity index (χ0n) is 12.0. The van der Waals surface area contributed by atoms with E-state index in [0.29, 0.717) is 12.3 Å². The SMILES string of the molecule is CCOc1ccc(CCN2CCN(C=O)CC2)cc1N. The number of piperazine rings is 1. The maximum atomic E-state index is 10.7. The van der Waals surface area contributed by atoms with Crippen LogP contribution in [0.25, 0.3) is 0 Å². The number of amides is 1. The highest BCUT2D eigenvalue weighted by Crippen LogP contribution is 2.22. The first-order valence-electron chi connectivity index (χ1n) is 7.16. The monoisotopic (exact) mass is 277 g/mol. The van der Waals surface area contributed by atoms with Crippen LogP contribution in [0.2, 0.25) is 0 Å². The van der Waals surface area contributed by atoms with Crippen LogP contribution in [0.4, 0.5) is 5.69 Å². The van der Waals surface area contributed by atoms with Crippen molar-refractivity contribution >= 4 is 12.1 Å². The summed E-state index contributed by atoms with van der Waals surface area (Å²) in [7, 11) is 0. The van der Waals surface area contributed by atoms with Gasteiger partial charge < -0.3 is 15.4 Å². The first-order chi connectivity index (χ1) is 9.72. The van der Waals surface area contributed by atoms with Crippen molar-refractivity contribution in [3.05, 3.63) is 23.8 Å². The molecule has 1 aliphatic heterocycles. The van der Waals surface area contributed by atoms with Gasteiger partial charge in [-0.3, -0.25) is 9.69 Å². The summed E-state index contributed by atoms with van der Waals surface area (Å²) in [6, 6.07) is 6.01. The standard InChI is InChI=1S/C15H23N3O2/c1-2-20-15-4-3-13(11-14(15)16)5-6-17-7-9-18(12-19)10-8-17/h3-4,11-12H,2,5-10,16H2,1H3. The molecule has 2 rings (SSSR count). The molecule has 0 radical (unpaired) electrons. The minimum absolute atomic E-state index is 0.630. The van der Waals surface area contributed by atoms with E-state index in [4.69, 9.17) is 10.5 Å². The van der Waals surface area contributed by atoms with Gasteiger partial charge in [0.15, 0.2) is 0 Å². The van der Waals surface area contributed by atoms with Crippen LogP contribution >= 0.6 is 0 Å². The largest absolute Gasteiger partial charge is 0.492 e. The Bertz CT molecular complexity index is 443. The van der Waals surface area contributed by atoms with Crippen molar-refractivity contribution in [2.45, 2.75) is 13.3 Å². The number of hydrogen-bond donors (Lipinski definition) is 1. The number of nitrogens with two attached hydrogens (primary N) is 1. The lowest BCUT2D eigenvalue weighted by molar-refractivity contribution is -0.119. The van der Waals surface area contributed by atoms with E-state index in [2.05, 4.69) is 11.0 Å². The molecule has 0 aromatic heterocycles. The Morgan fingerprint density at radius 2 is 2.05 bits per heavy atom. The second kappa shape index (κ2) is 7.14. The van der Waals surface area contributed by atoms with E-state index in [1.165, 1.54) is 5.56 Å². The number of rotatable bonds is 6. The molecule has 0 saturated carbocycles. The molecule has 5 nitrogen and oxygen atoms in total. The van der Waals surface area contributed by atoms with Gasteiger partial charge in [-0.2, -0.15) is 0 Å². The average Bonchev–Trinajstić information content (AvgIpc) is 2.48. The number of hydrogen-bond acceptors (Lipinski definition) is 4. The van der Waals surface area contributed by atoms with E-state index < -0.39 is 0 Å². The summed E-state index contributed by atoms with van der Waals surface area (Å²) in [6.45, 7) is 7.14. The number of nitrogen functional groups attached to an aromatic ring is 1. The van der Waals surface area contributed by atoms with E-state index in [9.17, 15) is 4.79 Å². The molecular formula is C15H23N3O2. The van der Waals surface area contributed by atoms with Crippen molar-refractivity contribution in [2.75, 3.05) is 45.1 Å². The molecule has 1 aromatic carbocycles. The lowest BCUT2D eigenvalue weighted by Gasteiger charge is -2.32. The molecule has 0 bridgehead atoms. The normalized spacial score (nSPS) is 16.1. The predicted molar refractivity (Wildman–Crippen MR) is 79.8 cm³/mol. The Morgan fingerprint density at radius 1 is 1.30 bits per heavy atom. The molecule has 0 spiro atoms. The van der Waals surface area contributed by atoms with Gasteiger partial charge in [-0.15, -0.1) is 0 Å². The second-order valence-electron chi connectivity index (χ2n) is 5.04. The zero-order chi connectivity index (χ0) is 14.4. The Labute approximate surface area is 120 Å². The van der Waals surface area contributed by atoms with Crippen molar-refractivity contribution in [1.29, 1.82) is 0 Å². The third kappa shape index (κ3) is 3.87. The van der Waals surface area contributed by atoms with Gasteiger partial charge in [0.25, 0.3) is 0 Å². The van der Waals surface area contributed by atoms with E-state index in [-0.39, 0.29) is 0 Å². The van der Waals surface area contributed by atoms with Gasteiger partial charge in [0.2, 0.25) is 6.41 Å². The van der Waals surface area contributed by atoms with Gasteiger partial charge >= 0.3 is 0 Å². The molecule has 1 amide bonds. The van der Waals surface area contributed by atoms with Crippen molar-refractivity contribution in [2.24, 2.45) is 0 Å². The molecule has 1 saturated heterocycles. The second-order valence-corrected chi connectivity index (χ2v) is 5.04. The van der Waals surface area contributed by atoms with Crippen molar-refractivity contribution < 1.29 is 9.53 Å². The zero-order valence-corrected chi connectivity index (χ0v) is 12.0. The number of benzene rings is 1. The van der Waals surface area contributed by atoms with Crippen LogP contribution in [0.15, 0.2) is 18.2 Å². The number of anilines is 1. The minimum atomic E-state index is 0.630. The van der Waals surface area contributed by atoms with Crippen molar-refractivity contribution in [3.8, 4) is 5.75 Å². The van der Waals surface area contributed by atoms with E-state index in [1.54, 1.807) is 0 Å². The third-order valence-corrected chi connectivity index (χ3v) is 3.65. The molecule has 0 unspecified atom stereocenters. The minimum Gasteiger partial charge on any atom is -0.492 e. The average molecular weight is 277 g/mol. The highest BCUT2D eigenvalue weighted by molar-refractivity contribution is 5.54. The molecule has 0 atom stereocenters. The fourth-order valence-electron chi connectivity index (χ4n) is 2.42. The Kier molecular flexibility index (Phi) is 5.24. The first-order valence-corrected chi connectivity index (χ1v) is 7.16. The maximum Gasteiger partial charge on any atom is 0.209 e. The predicted octanol–water partition coefficient (Wildman–Crippen LogP) is 0.984. The molecule has 0 aliphatic carbocycles. The molecule has 1 aromatic rings. The molecule has 1 fully saturated rings. The van der Waals surface area contributed by atoms with Crippen LogP contribution in [0.1, 0.15) is 12.5 Å².